The Bertz CT molecular complexity index is 143. The summed E-state index contributed by atoms with van der Waals surface area (Å²) in [5, 5.41) is 19.4. The fourth-order valence-corrected chi connectivity index (χ4v) is 3.09. The van der Waals surface area contributed by atoms with Gasteiger partial charge in [-0.25, -0.2) is 0 Å². The van der Waals surface area contributed by atoms with Crippen LogP contribution in [0.25, 0.3) is 0 Å². The molecule has 0 aliphatic heterocycles. The Morgan fingerprint density at radius 1 is 1.00 bits per heavy atom. The molecule has 0 aliphatic rings. The summed E-state index contributed by atoms with van der Waals surface area (Å²) < 4.78 is 0. The fraction of sp³-hybridized carbons (Fsp3) is 1.00. The number of hydrogen-bond acceptors (Lipinski definition) is 2. The predicted octanol–water partition coefficient (Wildman–Crippen LogP) is 2.63. The van der Waals surface area contributed by atoms with Gasteiger partial charge in [-0.1, -0.05) is 45.8 Å². The molecule has 3 heteroatoms. The molecule has 0 aliphatic carbocycles. The van der Waals surface area contributed by atoms with Crippen molar-refractivity contribution in [2.75, 3.05) is 0 Å². The van der Waals surface area contributed by atoms with Crippen molar-refractivity contribution in [3.8, 4) is 0 Å². The van der Waals surface area contributed by atoms with Gasteiger partial charge >= 0.3 is 0 Å². The molecular weight excluding hydrogens is 192 g/mol. The van der Waals surface area contributed by atoms with Crippen molar-refractivity contribution < 1.29 is 10.2 Å². The first kappa shape index (κ1) is 14.1. The molecule has 0 spiro atoms. The van der Waals surface area contributed by atoms with E-state index in [9.17, 15) is 10.2 Å². The highest BCUT2D eigenvalue weighted by Crippen LogP contribution is 2.16. The first-order valence-corrected chi connectivity index (χ1v) is 9.43. The van der Waals surface area contributed by atoms with Crippen LogP contribution in [0, 0.1) is 0 Å². The second-order valence-electron chi connectivity index (χ2n) is 5.40. The Hall–Kier alpha value is 0.137. The summed E-state index contributed by atoms with van der Waals surface area (Å²) in [6.45, 7) is 8.80. The third-order valence-corrected chi connectivity index (χ3v) is 4.01. The average molecular weight is 218 g/mol. The minimum absolute atomic E-state index is 0.501. The zero-order valence-electron chi connectivity index (χ0n) is 10.1. The maximum atomic E-state index is 9.74. The largest absolute Gasteiger partial charge is 0.391 e. The summed E-state index contributed by atoms with van der Waals surface area (Å²) in [5.41, 5.74) is 0. The lowest BCUT2D eigenvalue weighted by Crippen LogP contribution is -2.34. The van der Waals surface area contributed by atoms with Gasteiger partial charge in [-0.2, -0.15) is 0 Å². The Morgan fingerprint density at radius 3 is 2.00 bits per heavy atom. The van der Waals surface area contributed by atoms with Gasteiger partial charge in [0, 0.05) is 8.07 Å². The molecule has 0 heterocycles. The quantitative estimate of drug-likeness (QED) is 0.509. The predicted molar refractivity (Wildman–Crippen MR) is 64.3 cm³/mol. The summed E-state index contributed by atoms with van der Waals surface area (Å²) in [7, 11) is -1.24. The molecule has 2 atom stereocenters. The van der Waals surface area contributed by atoms with Gasteiger partial charge in [0.05, 0.1) is 12.2 Å². The summed E-state index contributed by atoms with van der Waals surface area (Å²) in [6, 6.07) is 0.806. The van der Waals surface area contributed by atoms with Crippen LogP contribution in [0.2, 0.25) is 25.7 Å². The normalized spacial score (nSPS) is 16.7. The second-order valence-corrected chi connectivity index (χ2v) is 10.9. The Labute approximate surface area is 89.4 Å². The van der Waals surface area contributed by atoms with Crippen LogP contribution >= 0.6 is 0 Å². The van der Waals surface area contributed by atoms with Crippen LogP contribution in [0.1, 0.15) is 32.6 Å². The van der Waals surface area contributed by atoms with Gasteiger partial charge in [-0.3, -0.25) is 0 Å². The van der Waals surface area contributed by atoms with Gasteiger partial charge in [0.2, 0.25) is 0 Å². The number of unbranched alkanes of at least 4 members (excludes halogenated alkanes) is 2. The van der Waals surface area contributed by atoms with Crippen molar-refractivity contribution in [1.82, 2.24) is 0 Å². The van der Waals surface area contributed by atoms with E-state index in [0.717, 1.165) is 31.7 Å². The number of hydrogen-bond donors (Lipinski definition) is 2. The molecule has 86 valence electrons. The van der Waals surface area contributed by atoms with E-state index in [0.29, 0.717) is 0 Å². The van der Waals surface area contributed by atoms with E-state index >= 15 is 0 Å². The smallest absolute Gasteiger partial charge is 0.0796 e. The Morgan fingerprint density at radius 2 is 1.57 bits per heavy atom. The van der Waals surface area contributed by atoms with E-state index in [1.165, 1.54) is 0 Å². The fourth-order valence-electron chi connectivity index (χ4n) is 1.56. The monoisotopic (exact) mass is 218 g/mol. The first-order chi connectivity index (χ1) is 6.37. The summed E-state index contributed by atoms with van der Waals surface area (Å²) in [6.07, 6.45) is 3.08. The van der Waals surface area contributed by atoms with Gasteiger partial charge in [-0.05, 0) is 12.5 Å². The van der Waals surface area contributed by atoms with Crippen LogP contribution in [0.4, 0.5) is 0 Å². The second kappa shape index (κ2) is 6.59. The molecule has 0 saturated carbocycles. The van der Waals surface area contributed by atoms with Crippen LogP contribution in [-0.2, 0) is 0 Å². The lowest BCUT2D eigenvalue weighted by atomic mass is 10.1. The Kier molecular flexibility index (Phi) is 6.65. The summed E-state index contributed by atoms with van der Waals surface area (Å²) >= 11 is 0. The average Bonchev–Trinajstić information content (AvgIpc) is 2.01. The minimum Gasteiger partial charge on any atom is -0.391 e. The minimum atomic E-state index is -1.24. The highest BCUT2D eigenvalue weighted by Gasteiger charge is 2.23. The molecule has 0 fully saturated rings. The van der Waals surface area contributed by atoms with E-state index in [2.05, 4.69) is 26.6 Å². The van der Waals surface area contributed by atoms with Crippen molar-refractivity contribution >= 4 is 8.07 Å². The highest BCUT2D eigenvalue weighted by atomic mass is 28.3. The molecule has 14 heavy (non-hydrogen) atoms. The molecule has 2 nitrogen and oxygen atoms in total. The standard InChI is InChI=1S/C11H26O2Si/c1-5-6-7-8-10(12)11(13)9-14(2,3)4/h10-13H,5-9H2,1-4H3/t10-,11-/m1/s1. The topological polar surface area (TPSA) is 40.5 Å². The van der Waals surface area contributed by atoms with Gasteiger partial charge in [0.1, 0.15) is 0 Å². The first-order valence-electron chi connectivity index (χ1n) is 5.73. The molecule has 0 radical (unpaired) electrons. The van der Waals surface area contributed by atoms with Crippen molar-refractivity contribution in [3.05, 3.63) is 0 Å². The maximum absolute atomic E-state index is 9.74. The van der Waals surface area contributed by atoms with Crippen LogP contribution < -0.4 is 0 Å². The lowest BCUT2D eigenvalue weighted by Gasteiger charge is -2.24. The van der Waals surface area contributed by atoms with Gasteiger partial charge in [0.15, 0.2) is 0 Å². The number of aliphatic hydroxyl groups excluding tert-OH is 2. The third kappa shape index (κ3) is 7.53. The molecule has 2 N–H and O–H groups in total. The Balaban J connectivity index is 3.70. The molecular formula is C11H26O2Si. The maximum Gasteiger partial charge on any atom is 0.0796 e. The van der Waals surface area contributed by atoms with Crippen molar-refractivity contribution in [1.29, 1.82) is 0 Å². The van der Waals surface area contributed by atoms with E-state index in [-0.39, 0.29) is 0 Å². The number of aliphatic hydroxyl groups is 2. The molecule has 0 amide bonds. The highest BCUT2D eigenvalue weighted by molar-refractivity contribution is 6.76. The van der Waals surface area contributed by atoms with Crippen LogP contribution in [-0.4, -0.2) is 30.5 Å². The van der Waals surface area contributed by atoms with Gasteiger partial charge in [0.25, 0.3) is 0 Å². The molecule has 0 unspecified atom stereocenters. The molecule has 0 saturated heterocycles. The van der Waals surface area contributed by atoms with Crippen molar-refractivity contribution in [3.63, 3.8) is 0 Å². The molecule has 0 rings (SSSR count). The third-order valence-electron chi connectivity index (χ3n) is 2.37. The van der Waals surface area contributed by atoms with E-state index in [1.807, 2.05) is 0 Å². The van der Waals surface area contributed by atoms with Crippen LogP contribution in [0.3, 0.4) is 0 Å². The number of rotatable bonds is 7. The lowest BCUT2D eigenvalue weighted by molar-refractivity contribution is 0.0240. The molecule has 0 aromatic carbocycles. The SMILES string of the molecule is CCCCC[C@@H](O)[C@H](O)C[Si](C)(C)C. The zero-order valence-corrected chi connectivity index (χ0v) is 11.1. The summed E-state index contributed by atoms with van der Waals surface area (Å²) in [5.74, 6) is 0. The van der Waals surface area contributed by atoms with Crippen molar-refractivity contribution in [2.45, 2.75) is 70.5 Å². The van der Waals surface area contributed by atoms with E-state index < -0.39 is 20.3 Å². The van der Waals surface area contributed by atoms with E-state index in [4.69, 9.17) is 0 Å². The molecule has 0 aromatic rings. The van der Waals surface area contributed by atoms with Gasteiger partial charge in [-0.15, -0.1) is 0 Å². The summed E-state index contributed by atoms with van der Waals surface area (Å²) in [4.78, 5) is 0. The van der Waals surface area contributed by atoms with Crippen molar-refractivity contribution in [2.24, 2.45) is 0 Å². The zero-order chi connectivity index (χ0) is 11.2. The molecule has 0 bridgehead atoms. The van der Waals surface area contributed by atoms with E-state index in [1.54, 1.807) is 0 Å². The van der Waals surface area contributed by atoms with Gasteiger partial charge < -0.3 is 10.2 Å². The van der Waals surface area contributed by atoms with Crippen LogP contribution in [0.5, 0.6) is 0 Å². The van der Waals surface area contributed by atoms with Crippen LogP contribution in [0.15, 0.2) is 0 Å². The molecule has 0 aromatic heterocycles.